The van der Waals surface area contributed by atoms with Crippen molar-refractivity contribution in [3.05, 3.63) is 28.8 Å². The van der Waals surface area contributed by atoms with Crippen LogP contribution in [0, 0.1) is 0 Å². The molecule has 0 radical (unpaired) electrons. The lowest BCUT2D eigenvalue weighted by Crippen LogP contribution is -2.34. The average molecular weight is 251 g/mol. The summed E-state index contributed by atoms with van der Waals surface area (Å²) < 4.78 is 29.5. The fourth-order valence-electron chi connectivity index (χ4n) is 1.08. The van der Waals surface area contributed by atoms with Gasteiger partial charge in [-0.2, -0.15) is 8.78 Å². The molecule has 1 N–H and O–H groups in total. The molecule has 0 fully saturated rings. The molecule has 0 saturated heterocycles. The van der Waals surface area contributed by atoms with Gasteiger partial charge >= 0.3 is 12.1 Å². The molecule has 0 heterocycles. The lowest BCUT2D eigenvalue weighted by Gasteiger charge is -2.14. The Hall–Kier alpha value is -1.36. The second-order valence-corrected chi connectivity index (χ2v) is 3.44. The molecule has 1 aromatic rings. The maximum absolute atomic E-state index is 12.7. The van der Waals surface area contributed by atoms with E-state index in [-0.39, 0.29) is 5.75 Å². The van der Waals surface area contributed by atoms with E-state index in [1.54, 1.807) is 6.92 Å². The Bertz CT molecular complexity index is 407. The van der Waals surface area contributed by atoms with E-state index in [1.165, 1.54) is 18.2 Å². The zero-order valence-corrected chi connectivity index (χ0v) is 9.09. The van der Waals surface area contributed by atoms with Gasteiger partial charge in [0.25, 0.3) is 0 Å². The second kappa shape index (κ2) is 4.65. The number of benzene rings is 1. The molecule has 0 aliphatic rings. The van der Waals surface area contributed by atoms with Gasteiger partial charge < -0.3 is 9.84 Å². The minimum absolute atomic E-state index is 0.228. The highest BCUT2D eigenvalue weighted by Crippen LogP contribution is 2.26. The summed E-state index contributed by atoms with van der Waals surface area (Å²) in [6.45, 7) is 1.79. The molecule has 3 nitrogen and oxygen atoms in total. The van der Waals surface area contributed by atoms with Crippen LogP contribution in [0.2, 0.25) is 5.02 Å². The quantitative estimate of drug-likeness (QED) is 0.894. The summed E-state index contributed by atoms with van der Waals surface area (Å²) in [6, 6.07) is 3.87. The van der Waals surface area contributed by atoms with E-state index >= 15 is 0 Å². The van der Waals surface area contributed by atoms with Crippen molar-refractivity contribution in [3.8, 4) is 5.75 Å². The first kappa shape index (κ1) is 12.7. The average Bonchev–Trinajstić information content (AvgIpc) is 2.20. The van der Waals surface area contributed by atoms with Gasteiger partial charge in [0, 0.05) is 5.02 Å². The van der Waals surface area contributed by atoms with E-state index < -0.39 is 12.1 Å². The number of carboxylic acid groups (broad SMARTS) is 1. The number of carbonyl (C=O) groups is 1. The van der Waals surface area contributed by atoms with Crippen molar-refractivity contribution in [3.63, 3.8) is 0 Å². The van der Waals surface area contributed by atoms with Crippen molar-refractivity contribution >= 4 is 17.6 Å². The first-order chi connectivity index (χ1) is 7.36. The fourth-order valence-corrected chi connectivity index (χ4v) is 1.33. The summed E-state index contributed by atoms with van der Waals surface area (Å²) in [5, 5.41) is 8.61. The van der Waals surface area contributed by atoms with Crippen molar-refractivity contribution in [1.29, 1.82) is 0 Å². The lowest BCUT2D eigenvalue weighted by molar-refractivity contribution is -0.210. The molecule has 0 spiro atoms. The largest absolute Gasteiger partial charge is 0.501 e. The molecule has 1 rings (SSSR count). The molecule has 0 aliphatic carbocycles. The molecular weight excluding hydrogens is 242 g/mol. The fraction of sp³-hybridized carbons (Fsp3) is 0.300. The second-order valence-electron chi connectivity index (χ2n) is 3.03. The van der Waals surface area contributed by atoms with E-state index in [1.807, 2.05) is 0 Å². The minimum Gasteiger partial charge on any atom is -0.474 e. The number of ether oxygens (including phenoxy) is 1. The summed E-state index contributed by atoms with van der Waals surface area (Å²) in [7, 11) is 0. The molecule has 0 unspecified atom stereocenters. The molecule has 1 aromatic carbocycles. The van der Waals surface area contributed by atoms with Crippen LogP contribution in [-0.4, -0.2) is 17.2 Å². The number of aliphatic carboxylic acids is 1. The van der Waals surface area contributed by atoms with Crippen LogP contribution >= 0.6 is 11.6 Å². The Kier molecular flexibility index (Phi) is 3.70. The third-order valence-corrected chi connectivity index (χ3v) is 2.26. The van der Waals surface area contributed by atoms with Gasteiger partial charge in [0.2, 0.25) is 0 Å². The minimum atomic E-state index is -4.24. The molecule has 6 heteroatoms. The molecule has 0 saturated carbocycles. The normalized spacial score (nSPS) is 11.2. The maximum atomic E-state index is 12.7. The summed E-state index contributed by atoms with van der Waals surface area (Å²) >= 11 is 5.77. The van der Waals surface area contributed by atoms with Crippen LogP contribution in [0.5, 0.6) is 5.75 Å². The first-order valence-corrected chi connectivity index (χ1v) is 4.83. The summed E-state index contributed by atoms with van der Waals surface area (Å²) in [4.78, 5) is 10.1. The van der Waals surface area contributed by atoms with Gasteiger partial charge in [-0.3, -0.25) is 0 Å². The van der Waals surface area contributed by atoms with Crippen LogP contribution in [0.3, 0.4) is 0 Å². The van der Waals surface area contributed by atoms with Gasteiger partial charge in [0.05, 0.1) is 0 Å². The first-order valence-electron chi connectivity index (χ1n) is 4.45. The van der Waals surface area contributed by atoms with Crippen LogP contribution in [0.1, 0.15) is 12.5 Å². The summed E-state index contributed by atoms with van der Waals surface area (Å²) in [5.41, 5.74) is 0.611. The van der Waals surface area contributed by atoms with E-state index in [2.05, 4.69) is 4.74 Å². The van der Waals surface area contributed by atoms with Crippen LogP contribution in [0.15, 0.2) is 18.2 Å². The number of hydrogen-bond acceptors (Lipinski definition) is 2. The number of hydrogen-bond donors (Lipinski definition) is 1. The SMILES string of the molecule is CCc1cc(OC(F)(F)C(=O)O)ccc1Cl. The van der Waals surface area contributed by atoms with Gasteiger partial charge in [-0.15, -0.1) is 0 Å². The van der Waals surface area contributed by atoms with Gasteiger partial charge in [-0.1, -0.05) is 18.5 Å². The van der Waals surface area contributed by atoms with Gasteiger partial charge in [-0.05, 0) is 30.2 Å². The number of rotatable bonds is 4. The molecule has 16 heavy (non-hydrogen) atoms. The third-order valence-electron chi connectivity index (χ3n) is 1.89. The van der Waals surface area contributed by atoms with Gasteiger partial charge in [0.15, 0.2) is 0 Å². The van der Waals surface area contributed by atoms with Crippen LogP contribution in [0.4, 0.5) is 8.78 Å². The maximum Gasteiger partial charge on any atom is 0.501 e. The molecule has 0 atom stereocenters. The Morgan fingerprint density at radius 1 is 1.56 bits per heavy atom. The lowest BCUT2D eigenvalue weighted by atomic mass is 10.1. The van der Waals surface area contributed by atoms with Crippen LogP contribution in [-0.2, 0) is 11.2 Å². The molecule has 0 aliphatic heterocycles. The highest BCUT2D eigenvalue weighted by atomic mass is 35.5. The van der Waals surface area contributed by atoms with Crippen molar-refractivity contribution in [1.82, 2.24) is 0 Å². The highest BCUT2D eigenvalue weighted by Gasteiger charge is 2.42. The number of alkyl halides is 2. The number of halogens is 3. The summed E-state index contributed by atoms with van der Waals surface area (Å²) in [6.07, 6.45) is -3.70. The van der Waals surface area contributed by atoms with Crippen molar-refractivity contribution in [2.24, 2.45) is 0 Å². The zero-order valence-electron chi connectivity index (χ0n) is 8.34. The Morgan fingerprint density at radius 3 is 2.69 bits per heavy atom. The van der Waals surface area contributed by atoms with E-state index in [4.69, 9.17) is 16.7 Å². The zero-order chi connectivity index (χ0) is 12.3. The molecule has 88 valence electrons. The van der Waals surface area contributed by atoms with E-state index in [0.717, 1.165) is 0 Å². The predicted octanol–water partition coefficient (Wildman–Crippen LogP) is 2.96. The Balaban J connectivity index is 2.94. The predicted molar refractivity (Wildman–Crippen MR) is 54.0 cm³/mol. The number of carboxylic acids is 1. The van der Waals surface area contributed by atoms with Crippen LogP contribution in [0.25, 0.3) is 0 Å². The van der Waals surface area contributed by atoms with E-state index in [9.17, 15) is 13.6 Å². The van der Waals surface area contributed by atoms with Gasteiger partial charge in [-0.25, -0.2) is 4.79 Å². The Morgan fingerprint density at radius 2 is 2.19 bits per heavy atom. The molecule has 0 aromatic heterocycles. The monoisotopic (exact) mass is 250 g/mol. The third kappa shape index (κ3) is 2.82. The Labute approximate surface area is 95.6 Å². The smallest absolute Gasteiger partial charge is 0.474 e. The van der Waals surface area contributed by atoms with Crippen molar-refractivity contribution < 1.29 is 23.4 Å². The molecule has 0 bridgehead atoms. The highest BCUT2D eigenvalue weighted by molar-refractivity contribution is 6.31. The van der Waals surface area contributed by atoms with Crippen molar-refractivity contribution in [2.75, 3.05) is 0 Å². The topological polar surface area (TPSA) is 46.5 Å². The molecule has 0 amide bonds. The van der Waals surface area contributed by atoms with Gasteiger partial charge in [0.1, 0.15) is 5.75 Å². The standard InChI is InChI=1S/C10H9ClF2O3/c1-2-6-5-7(3-4-8(6)11)16-10(12,13)9(14)15/h3-5H,2H2,1H3,(H,14,15). The number of aryl methyl sites for hydroxylation is 1. The molecular formula is C10H9ClF2O3. The van der Waals surface area contributed by atoms with Crippen molar-refractivity contribution in [2.45, 2.75) is 19.5 Å². The van der Waals surface area contributed by atoms with Crippen LogP contribution < -0.4 is 4.74 Å². The summed E-state index contributed by atoms with van der Waals surface area (Å²) in [5.74, 6) is -2.56. The van der Waals surface area contributed by atoms with E-state index in [0.29, 0.717) is 17.0 Å².